The molecule has 0 aromatic heterocycles. The van der Waals surface area contributed by atoms with Gasteiger partial charge in [0.05, 0.1) is 5.92 Å². The molecule has 2 aromatic rings. The normalized spacial score (nSPS) is 18.8. The average molecular weight is 370 g/mol. The zero-order valence-electron chi connectivity index (χ0n) is 15.2. The predicted molar refractivity (Wildman–Crippen MR) is 101 cm³/mol. The van der Waals surface area contributed by atoms with Gasteiger partial charge in [-0.1, -0.05) is 37.6 Å². The second kappa shape index (κ2) is 8.66. The second-order valence-electron chi connectivity index (χ2n) is 6.70. The van der Waals surface area contributed by atoms with Crippen molar-refractivity contribution < 1.29 is 18.7 Å². The van der Waals surface area contributed by atoms with Gasteiger partial charge in [0.25, 0.3) is 0 Å². The van der Waals surface area contributed by atoms with Gasteiger partial charge >= 0.3 is 12.0 Å². The smallest absolute Gasteiger partial charge is 0.319 e. The lowest BCUT2D eigenvalue weighted by atomic mass is 9.96. The SMILES string of the molecule is CCCC1C[C@H](c2ccc(NC(=O)NCc3ccc(F)cc3)cc2)OC1=O. The van der Waals surface area contributed by atoms with Crippen molar-refractivity contribution in [2.24, 2.45) is 5.92 Å². The Morgan fingerprint density at radius 2 is 1.85 bits per heavy atom. The molecule has 0 bridgehead atoms. The van der Waals surface area contributed by atoms with Gasteiger partial charge in [0.1, 0.15) is 11.9 Å². The molecule has 0 radical (unpaired) electrons. The number of amides is 2. The van der Waals surface area contributed by atoms with E-state index in [9.17, 15) is 14.0 Å². The number of urea groups is 1. The molecule has 1 unspecified atom stereocenters. The van der Waals surface area contributed by atoms with Crippen molar-refractivity contribution in [3.05, 3.63) is 65.5 Å². The summed E-state index contributed by atoms with van der Waals surface area (Å²) in [5.74, 6) is -0.448. The third-order valence-corrected chi connectivity index (χ3v) is 4.63. The predicted octanol–water partition coefficient (Wildman–Crippen LogP) is 4.55. The van der Waals surface area contributed by atoms with Crippen LogP contribution >= 0.6 is 0 Å². The minimum absolute atomic E-state index is 0.0185. The molecule has 2 atom stereocenters. The van der Waals surface area contributed by atoms with Crippen LogP contribution in [0.1, 0.15) is 43.4 Å². The summed E-state index contributed by atoms with van der Waals surface area (Å²) in [5, 5.41) is 5.47. The lowest BCUT2D eigenvalue weighted by molar-refractivity contribution is -0.144. The Morgan fingerprint density at radius 1 is 1.15 bits per heavy atom. The van der Waals surface area contributed by atoms with Gasteiger partial charge in [-0.25, -0.2) is 9.18 Å². The fraction of sp³-hybridized carbons (Fsp3) is 0.333. The van der Waals surface area contributed by atoms with Crippen molar-refractivity contribution in [1.82, 2.24) is 5.32 Å². The first-order valence-electron chi connectivity index (χ1n) is 9.15. The first-order chi connectivity index (χ1) is 13.0. The number of ether oxygens (including phenoxy) is 1. The number of anilines is 1. The van der Waals surface area contributed by atoms with E-state index in [1.54, 1.807) is 24.3 Å². The van der Waals surface area contributed by atoms with Crippen LogP contribution in [-0.4, -0.2) is 12.0 Å². The molecular formula is C21H23FN2O3. The number of benzene rings is 2. The molecule has 2 amide bonds. The molecule has 0 aliphatic carbocycles. The Balaban J connectivity index is 1.51. The van der Waals surface area contributed by atoms with Crippen LogP contribution in [0.5, 0.6) is 0 Å². The highest BCUT2D eigenvalue weighted by molar-refractivity contribution is 5.89. The maximum atomic E-state index is 12.9. The molecule has 2 aromatic carbocycles. The minimum atomic E-state index is -0.345. The molecule has 2 N–H and O–H groups in total. The van der Waals surface area contributed by atoms with E-state index in [0.29, 0.717) is 18.7 Å². The summed E-state index contributed by atoms with van der Waals surface area (Å²) in [5.41, 5.74) is 2.38. The van der Waals surface area contributed by atoms with Crippen molar-refractivity contribution >= 4 is 17.7 Å². The minimum Gasteiger partial charge on any atom is -0.457 e. The number of hydrogen-bond donors (Lipinski definition) is 2. The average Bonchev–Trinajstić information content (AvgIpc) is 3.03. The largest absolute Gasteiger partial charge is 0.457 e. The van der Waals surface area contributed by atoms with E-state index in [-0.39, 0.29) is 29.8 Å². The lowest BCUT2D eigenvalue weighted by Gasteiger charge is -2.11. The molecule has 0 saturated carbocycles. The molecule has 1 aliphatic rings. The van der Waals surface area contributed by atoms with E-state index in [1.807, 2.05) is 12.1 Å². The van der Waals surface area contributed by atoms with Crippen LogP contribution in [0, 0.1) is 11.7 Å². The number of cyclic esters (lactones) is 1. The molecule has 142 valence electrons. The Labute approximate surface area is 157 Å². The number of carbonyl (C=O) groups is 2. The first-order valence-corrected chi connectivity index (χ1v) is 9.15. The van der Waals surface area contributed by atoms with Gasteiger partial charge in [-0.15, -0.1) is 0 Å². The highest BCUT2D eigenvalue weighted by Crippen LogP contribution is 2.35. The molecule has 0 spiro atoms. The van der Waals surface area contributed by atoms with Crippen LogP contribution in [0.3, 0.4) is 0 Å². The van der Waals surface area contributed by atoms with Crippen LogP contribution in [0.15, 0.2) is 48.5 Å². The molecule has 3 rings (SSSR count). The summed E-state index contributed by atoms with van der Waals surface area (Å²) >= 11 is 0. The lowest BCUT2D eigenvalue weighted by Crippen LogP contribution is -2.28. The van der Waals surface area contributed by atoms with Gasteiger partial charge in [-0.2, -0.15) is 0 Å². The van der Waals surface area contributed by atoms with E-state index in [0.717, 1.165) is 24.0 Å². The summed E-state index contributed by atoms with van der Waals surface area (Å²) in [6.45, 7) is 2.36. The van der Waals surface area contributed by atoms with Crippen LogP contribution in [-0.2, 0) is 16.1 Å². The number of halogens is 1. The van der Waals surface area contributed by atoms with Gasteiger partial charge < -0.3 is 15.4 Å². The molecule has 5 nitrogen and oxygen atoms in total. The topological polar surface area (TPSA) is 67.4 Å². The van der Waals surface area contributed by atoms with Gasteiger partial charge in [0, 0.05) is 18.7 Å². The number of esters is 1. The van der Waals surface area contributed by atoms with E-state index in [4.69, 9.17) is 4.74 Å². The number of rotatable bonds is 6. The quantitative estimate of drug-likeness (QED) is 0.733. The molecule has 1 saturated heterocycles. The zero-order valence-corrected chi connectivity index (χ0v) is 15.2. The number of hydrogen-bond acceptors (Lipinski definition) is 3. The second-order valence-corrected chi connectivity index (χ2v) is 6.70. The zero-order chi connectivity index (χ0) is 19.2. The van der Waals surface area contributed by atoms with Gasteiger partial charge in [-0.3, -0.25) is 4.79 Å². The standard InChI is InChI=1S/C21H23FN2O3/c1-2-3-16-12-19(27-20(16)25)15-6-10-18(11-7-15)24-21(26)23-13-14-4-8-17(22)9-5-14/h4-11,16,19H,2-3,12-13H2,1H3,(H2,23,24,26)/t16?,19-/m1/s1. The number of nitrogens with one attached hydrogen (secondary N) is 2. The van der Waals surface area contributed by atoms with Crippen molar-refractivity contribution in [2.45, 2.75) is 38.8 Å². The van der Waals surface area contributed by atoms with Crippen LogP contribution in [0.2, 0.25) is 0 Å². The van der Waals surface area contributed by atoms with E-state index in [2.05, 4.69) is 17.6 Å². The van der Waals surface area contributed by atoms with E-state index >= 15 is 0 Å². The van der Waals surface area contributed by atoms with Gasteiger partial charge in [-0.05, 0) is 41.8 Å². The fourth-order valence-corrected chi connectivity index (χ4v) is 3.17. The molecule has 1 heterocycles. The maximum Gasteiger partial charge on any atom is 0.319 e. The van der Waals surface area contributed by atoms with E-state index in [1.165, 1.54) is 12.1 Å². The summed E-state index contributed by atoms with van der Waals surface area (Å²) in [6, 6.07) is 12.9. The Morgan fingerprint density at radius 3 is 2.52 bits per heavy atom. The summed E-state index contributed by atoms with van der Waals surface area (Å²) in [4.78, 5) is 23.8. The molecule has 27 heavy (non-hydrogen) atoms. The molecular weight excluding hydrogens is 347 g/mol. The summed E-state index contributed by atoms with van der Waals surface area (Å²) in [7, 11) is 0. The summed E-state index contributed by atoms with van der Waals surface area (Å²) < 4.78 is 18.3. The van der Waals surface area contributed by atoms with E-state index < -0.39 is 0 Å². The Bertz CT molecular complexity index is 790. The molecule has 1 fully saturated rings. The Kier molecular flexibility index (Phi) is 6.06. The van der Waals surface area contributed by atoms with Crippen molar-refractivity contribution in [2.75, 3.05) is 5.32 Å². The fourth-order valence-electron chi connectivity index (χ4n) is 3.17. The third kappa shape index (κ3) is 5.06. The van der Waals surface area contributed by atoms with Crippen LogP contribution < -0.4 is 10.6 Å². The van der Waals surface area contributed by atoms with Crippen molar-refractivity contribution in [3.63, 3.8) is 0 Å². The van der Waals surface area contributed by atoms with Crippen LogP contribution in [0.25, 0.3) is 0 Å². The Hall–Kier alpha value is -2.89. The first kappa shape index (κ1) is 18.9. The van der Waals surface area contributed by atoms with Crippen molar-refractivity contribution in [3.8, 4) is 0 Å². The molecule has 1 aliphatic heterocycles. The van der Waals surface area contributed by atoms with Gasteiger partial charge in [0.2, 0.25) is 0 Å². The van der Waals surface area contributed by atoms with Crippen LogP contribution in [0.4, 0.5) is 14.9 Å². The monoisotopic (exact) mass is 370 g/mol. The maximum absolute atomic E-state index is 12.9. The highest BCUT2D eigenvalue weighted by atomic mass is 19.1. The summed E-state index contributed by atoms with van der Waals surface area (Å²) in [6.07, 6.45) is 2.30. The highest BCUT2D eigenvalue weighted by Gasteiger charge is 2.34. The third-order valence-electron chi connectivity index (χ3n) is 4.63. The van der Waals surface area contributed by atoms with Crippen molar-refractivity contribution in [1.29, 1.82) is 0 Å². The van der Waals surface area contributed by atoms with Gasteiger partial charge in [0.15, 0.2) is 0 Å². The molecule has 6 heteroatoms. The number of carbonyl (C=O) groups excluding carboxylic acids is 2.